The Bertz CT molecular complexity index is 529. The second kappa shape index (κ2) is 6.41. The summed E-state index contributed by atoms with van der Waals surface area (Å²) < 4.78 is 15.4. The molecule has 0 aliphatic carbocycles. The molecule has 0 N–H and O–H groups in total. The van der Waals surface area contributed by atoms with Gasteiger partial charge in [0.25, 0.3) is 0 Å². The summed E-state index contributed by atoms with van der Waals surface area (Å²) >= 11 is 0. The van der Waals surface area contributed by atoms with Crippen molar-refractivity contribution in [2.24, 2.45) is 0 Å². The molecule has 0 spiro atoms. The minimum atomic E-state index is -0.920. The van der Waals surface area contributed by atoms with Crippen molar-refractivity contribution in [3.63, 3.8) is 0 Å². The van der Waals surface area contributed by atoms with E-state index < -0.39 is 17.2 Å². The maximum Gasteiger partial charge on any atom is 0.514 e. The van der Waals surface area contributed by atoms with Crippen LogP contribution in [0.15, 0.2) is 29.1 Å². The molecule has 20 heavy (non-hydrogen) atoms. The van der Waals surface area contributed by atoms with E-state index in [1.54, 1.807) is 32.9 Å². The molecule has 0 amide bonds. The summed E-state index contributed by atoms with van der Waals surface area (Å²) in [4.78, 5) is 23.4. The van der Waals surface area contributed by atoms with Gasteiger partial charge in [0, 0.05) is 6.07 Å². The van der Waals surface area contributed by atoms with Crippen LogP contribution in [0, 0.1) is 0 Å². The summed E-state index contributed by atoms with van der Waals surface area (Å²) in [7, 11) is 0. The Balaban J connectivity index is 2.97. The molecule has 1 aromatic rings. The standard InChI is InChI=1S/C15H20O5/c1-10(2)18-11-7-6-8-12(16)13(9-11)19-14(17)20-15(3,4)5/h6-10H,1-5H3. The zero-order valence-electron chi connectivity index (χ0n) is 12.4. The van der Waals surface area contributed by atoms with Crippen LogP contribution in [-0.4, -0.2) is 17.9 Å². The van der Waals surface area contributed by atoms with E-state index in [9.17, 15) is 9.59 Å². The summed E-state index contributed by atoms with van der Waals surface area (Å²) in [5, 5.41) is 0. The largest absolute Gasteiger partial charge is 0.514 e. The zero-order valence-corrected chi connectivity index (χ0v) is 12.4. The third-order valence-corrected chi connectivity index (χ3v) is 1.98. The number of rotatable bonds is 3. The predicted molar refractivity (Wildman–Crippen MR) is 75.3 cm³/mol. The highest BCUT2D eigenvalue weighted by Crippen LogP contribution is 2.17. The molecular formula is C15H20O5. The van der Waals surface area contributed by atoms with Crippen LogP contribution in [0.5, 0.6) is 11.5 Å². The van der Waals surface area contributed by atoms with Gasteiger partial charge in [-0.2, -0.15) is 0 Å². The van der Waals surface area contributed by atoms with Gasteiger partial charge < -0.3 is 14.2 Å². The van der Waals surface area contributed by atoms with Crippen molar-refractivity contribution < 1.29 is 19.0 Å². The molecule has 110 valence electrons. The maximum absolute atomic E-state index is 11.8. The van der Waals surface area contributed by atoms with Crippen LogP contribution in [0.4, 0.5) is 4.79 Å². The molecule has 5 heteroatoms. The van der Waals surface area contributed by atoms with Crippen molar-refractivity contribution in [1.82, 2.24) is 0 Å². The lowest BCUT2D eigenvalue weighted by Gasteiger charge is -2.18. The van der Waals surface area contributed by atoms with Crippen LogP contribution in [0.2, 0.25) is 0 Å². The molecule has 0 aromatic heterocycles. The summed E-state index contributed by atoms with van der Waals surface area (Å²) in [5.74, 6) is 0.320. The zero-order chi connectivity index (χ0) is 15.3. The van der Waals surface area contributed by atoms with E-state index in [2.05, 4.69) is 0 Å². The van der Waals surface area contributed by atoms with Gasteiger partial charge in [-0.15, -0.1) is 0 Å². The fourth-order valence-electron chi connectivity index (χ4n) is 1.35. The van der Waals surface area contributed by atoms with Crippen molar-refractivity contribution in [3.05, 3.63) is 34.5 Å². The first-order valence-corrected chi connectivity index (χ1v) is 6.39. The normalized spacial score (nSPS) is 11.1. The average Bonchev–Trinajstić information content (AvgIpc) is 2.38. The Kier molecular flexibility index (Phi) is 5.13. The van der Waals surface area contributed by atoms with E-state index in [-0.39, 0.29) is 11.9 Å². The molecule has 5 nitrogen and oxygen atoms in total. The summed E-state index contributed by atoms with van der Waals surface area (Å²) in [6, 6.07) is 5.85. The van der Waals surface area contributed by atoms with Crippen LogP contribution < -0.4 is 14.9 Å². The number of carbonyl (C=O) groups excluding carboxylic acids is 1. The third kappa shape index (κ3) is 5.73. The fraction of sp³-hybridized carbons (Fsp3) is 0.467. The minimum Gasteiger partial charge on any atom is -0.491 e. The van der Waals surface area contributed by atoms with Gasteiger partial charge in [0.1, 0.15) is 11.4 Å². The van der Waals surface area contributed by atoms with E-state index in [1.165, 1.54) is 12.1 Å². The van der Waals surface area contributed by atoms with Gasteiger partial charge in [-0.05, 0) is 46.8 Å². The van der Waals surface area contributed by atoms with Crippen LogP contribution in [0.1, 0.15) is 34.6 Å². The second-order valence-electron chi connectivity index (χ2n) is 5.53. The van der Waals surface area contributed by atoms with E-state index in [0.717, 1.165) is 0 Å². The highest BCUT2D eigenvalue weighted by molar-refractivity contribution is 5.64. The molecule has 0 unspecified atom stereocenters. The smallest absolute Gasteiger partial charge is 0.491 e. The monoisotopic (exact) mass is 280 g/mol. The Hall–Kier alpha value is -2.04. The van der Waals surface area contributed by atoms with E-state index in [0.29, 0.717) is 5.75 Å². The highest BCUT2D eigenvalue weighted by Gasteiger charge is 2.19. The molecule has 0 aliphatic rings. The van der Waals surface area contributed by atoms with Crippen LogP contribution >= 0.6 is 0 Å². The number of hydrogen-bond acceptors (Lipinski definition) is 5. The quantitative estimate of drug-likeness (QED) is 0.796. The van der Waals surface area contributed by atoms with Gasteiger partial charge in [0.15, 0.2) is 5.75 Å². The van der Waals surface area contributed by atoms with Crippen molar-refractivity contribution in [2.75, 3.05) is 0 Å². The van der Waals surface area contributed by atoms with E-state index in [1.807, 2.05) is 13.8 Å². The Morgan fingerprint density at radius 2 is 1.85 bits per heavy atom. The Morgan fingerprint density at radius 3 is 2.40 bits per heavy atom. The van der Waals surface area contributed by atoms with Crippen molar-refractivity contribution in [3.8, 4) is 11.5 Å². The lowest BCUT2D eigenvalue weighted by atomic mass is 10.2. The van der Waals surface area contributed by atoms with Crippen molar-refractivity contribution in [1.29, 1.82) is 0 Å². The molecule has 0 fully saturated rings. The van der Waals surface area contributed by atoms with Gasteiger partial charge in [-0.3, -0.25) is 4.79 Å². The van der Waals surface area contributed by atoms with E-state index in [4.69, 9.17) is 14.2 Å². The molecule has 0 saturated heterocycles. The number of ether oxygens (including phenoxy) is 3. The fourth-order valence-corrected chi connectivity index (χ4v) is 1.35. The Labute approximate surface area is 118 Å². The SMILES string of the molecule is CC(C)Oc1cccc(=O)c(OC(=O)OC(C)(C)C)c1. The number of carbonyl (C=O) groups is 1. The van der Waals surface area contributed by atoms with Gasteiger partial charge in [0.05, 0.1) is 6.10 Å². The first-order valence-electron chi connectivity index (χ1n) is 6.39. The third-order valence-electron chi connectivity index (χ3n) is 1.98. The van der Waals surface area contributed by atoms with Crippen LogP contribution in [0.3, 0.4) is 0 Å². The van der Waals surface area contributed by atoms with Gasteiger partial charge in [-0.1, -0.05) is 6.07 Å². The first kappa shape index (κ1) is 16.0. The number of hydrogen-bond donors (Lipinski definition) is 0. The molecular weight excluding hydrogens is 260 g/mol. The van der Waals surface area contributed by atoms with Crippen LogP contribution in [0.25, 0.3) is 0 Å². The molecule has 0 saturated carbocycles. The predicted octanol–water partition coefficient (Wildman–Crippen LogP) is 3.15. The van der Waals surface area contributed by atoms with Crippen LogP contribution in [-0.2, 0) is 4.74 Å². The summed E-state index contributed by atoms with van der Waals surface area (Å²) in [5.41, 5.74) is -1.11. The average molecular weight is 280 g/mol. The summed E-state index contributed by atoms with van der Waals surface area (Å²) in [6.45, 7) is 8.86. The van der Waals surface area contributed by atoms with Crippen molar-refractivity contribution in [2.45, 2.75) is 46.3 Å². The maximum atomic E-state index is 11.8. The molecule has 0 bridgehead atoms. The summed E-state index contributed by atoms with van der Waals surface area (Å²) in [6.07, 6.45) is -0.974. The van der Waals surface area contributed by atoms with E-state index >= 15 is 0 Å². The topological polar surface area (TPSA) is 61.8 Å². The van der Waals surface area contributed by atoms with Crippen molar-refractivity contribution >= 4 is 6.16 Å². The Morgan fingerprint density at radius 1 is 1.20 bits per heavy atom. The molecule has 0 aliphatic heterocycles. The molecule has 1 rings (SSSR count). The van der Waals surface area contributed by atoms with Gasteiger partial charge in [-0.25, -0.2) is 4.79 Å². The molecule has 0 heterocycles. The van der Waals surface area contributed by atoms with Gasteiger partial charge in [0.2, 0.25) is 5.43 Å². The lowest BCUT2D eigenvalue weighted by Crippen LogP contribution is -2.27. The van der Waals surface area contributed by atoms with Gasteiger partial charge >= 0.3 is 6.16 Å². The lowest BCUT2D eigenvalue weighted by molar-refractivity contribution is 0.0204. The molecule has 0 atom stereocenters. The minimum absolute atomic E-state index is 0.0538. The molecule has 0 radical (unpaired) electrons. The second-order valence-corrected chi connectivity index (χ2v) is 5.53. The highest BCUT2D eigenvalue weighted by atomic mass is 16.7. The first-order chi connectivity index (χ1) is 9.17. The molecule has 1 aromatic carbocycles.